The molecule has 7 heteroatoms. The first-order valence-electron chi connectivity index (χ1n) is 10.4. The third-order valence-corrected chi connectivity index (χ3v) is 5.68. The minimum Gasteiger partial charge on any atom is -0.497 e. The van der Waals surface area contributed by atoms with Gasteiger partial charge in [0.25, 0.3) is 0 Å². The largest absolute Gasteiger partial charge is 0.497 e. The predicted molar refractivity (Wildman–Crippen MR) is 115 cm³/mol. The second-order valence-corrected chi connectivity index (χ2v) is 7.79. The number of amides is 2. The molecule has 1 aromatic carbocycles. The molecule has 0 unspecified atom stereocenters. The van der Waals surface area contributed by atoms with Crippen molar-refractivity contribution in [2.75, 3.05) is 27.2 Å². The van der Waals surface area contributed by atoms with Crippen LogP contribution in [0.4, 0.5) is 0 Å². The molecule has 1 aromatic heterocycles. The molecule has 0 radical (unpaired) electrons. The van der Waals surface area contributed by atoms with Crippen molar-refractivity contribution in [3.8, 4) is 5.75 Å². The second-order valence-electron chi connectivity index (χ2n) is 7.79. The molecule has 2 amide bonds. The Morgan fingerprint density at radius 1 is 1.20 bits per heavy atom. The van der Waals surface area contributed by atoms with Crippen molar-refractivity contribution in [1.82, 2.24) is 20.2 Å². The number of nitrogens with one attached hydrogen (secondary N) is 1. The lowest BCUT2D eigenvalue weighted by atomic mass is 9.95. The first kappa shape index (κ1) is 21.7. The van der Waals surface area contributed by atoms with Crippen LogP contribution in [0.3, 0.4) is 0 Å². The molecule has 2 aromatic rings. The van der Waals surface area contributed by atoms with Crippen molar-refractivity contribution >= 4 is 11.8 Å². The molecular weight excluding hydrogens is 380 g/mol. The van der Waals surface area contributed by atoms with E-state index < -0.39 is 0 Å². The molecule has 30 heavy (non-hydrogen) atoms. The highest BCUT2D eigenvalue weighted by atomic mass is 16.5. The summed E-state index contributed by atoms with van der Waals surface area (Å²) >= 11 is 0. The zero-order valence-corrected chi connectivity index (χ0v) is 18.2. The van der Waals surface area contributed by atoms with Gasteiger partial charge in [0.15, 0.2) is 0 Å². The molecule has 1 saturated heterocycles. The summed E-state index contributed by atoms with van der Waals surface area (Å²) in [5, 5.41) is 2.64. The summed E-state index contributed by atoms with van der Waals surface area (Å²) in [5.74, 6) is 1.69. The summed E-state index contributed by atoms with van der Waals surface area (Å²) < 4.78 is 5.25. The number of hydrogen-bond donors (Lipinski definition) is 1. The van der Waals surface area contributed by atoms with Crippen LogP contribution in [0.25, 0.3) is 0 Å². The van der Waals surface area contributed by atoms with Gasteiger partial charge in [0, 0.05) is 43.0 Å². The molecule has 3 rings (SSSR count). The van der Waals surface area contributed by atoms with Crippen LogP contribution in [0.15, 0.2) is 24.3 Å². The van der Waals surface area contributed by atoms with E-state index in [0.29, 0.717) is 13.0 Å². The van der Waals surface area contributed by atoms with Gasteiger partial charge < -0.3 is 15.0 Å². The average molecular weight is 411 g/mol. The second kappa shape index (κ2) is 9.69. The van der Waals surface area contributed by atoms with Gasteiger partial charge in [-0.15, -0.1) is 0 Å². The maximum absolute atomic E-state index is 12.9. The van der Waals surface area contributed by atoms with Gasteiger partial charge in [-0.05, 0) is 44.4 Å². The fraction of sp³-hybridized carbons (Fsp3) is 0.478. The van der Waals surface area contributed by atoms with Crippen molar-refractivity contribution in [2.45, 2.75) is 45.4 Å². The van der Waals surface area contributed by atoms with Gasteiger partial charge in [-0.3, -0.25) is 9.59 Å². The number of nitrogens with zero attached hydrogens (tertiary/aromatic N) is 3. The van der Waals surface area contributed by atoms with Gasteiger partial charge in [0.1, 0.15) is 11.6 Å². The summed E-state index contributed by atoms with van der Waals surface area (Å²) in [6.45, 7) is 5.22. The summed E-state index contributed by atoms with van der Waals surface area (Å²) in [5.41, 5.74) is 3.49. The first-order valence-corrected chi connectivity index (χ1v) is 10.4. The summed E-state index contributed by atoms with van der Waals surface area (Å²) in [4.78, 5) is 36.0. The Bertz CT molecular complexity index is 905. The zero-order chi connectivity index (χ0) is 21.7. The third-order valence-electron chi connectivity index (χ3n) is 5.68. The van der Waals surface area contributed by atoms with Crippen LogP contribution in [-0.2, 0) is 22.4 Å². The molecule has 1 fully saturated rings. The number of hydrogen-bond acceptors (Lipinski definition) is 5. The van der Waals surface area contributed by atoms with E-state index >= 15 is 0 Å². The normalized spacial score (nSPS) is 16.3. The highest BCUT2D eigenvalue weighted by Crippen LogP contribution is 2.27. The van der Waals surface area contributed by atoms with Gasteiger partial charge in [-0.1, -0.05) is 12.1 Å². The van der Waals surface area contributed by atoms with Crippen molar-refractivity contribution in [3.63, 3.8) is 0 Å². The van der Waals surface area contributed by atoms with Crippen LogP contribution in [0.5, 0.6) is 5.75 Å². The van der Waals surface area contributed by atoms with Gasteiger partial charge in [-0.2, -0.15) is 0 Å². The predicted octanol–water partition coefficient (Wildman–Crippen LogP) is 2.34. The van der Waals surface area contributed by atoms with Crippen LogP contribution in [0.1, 0.15) is 47.1 Å². The van der Waals surface area contributed by atoms with E-state index in [2.05, 4.69) is 5.32 Å². The average Bonchev–Trinajstić information content (AvgIpc) is 2.76. The van der Waals surface area contributed by atoms with E-state index in [1.54, 1.807) is 14.2 Å². The maximum Gasteiger partial charge on any atom is 0.227 e. The number of rotatable bonds is 6. The van der Waals surface area contributed by atoms with Crippen LogP contribution < -0.4 is 10.1 Å². The molecule has 7 nitrogen and oxygen atoms in total. The standard InChI is InChI=1S/C23H30N4O3/c1-15-20(13-21(28)24-3)16(2)26-23(25-15)18-8-6-10-27(14-18)22(29)12-17-7-5-9-19(11-17)30-4/h5,7,9,11,18H,6,8,10,12-14H2,1-4H3,(H,24,28)/t18-/m1/s1. The fourth-order valence-corrected chi connectivity index (χ4v) is 3.94. The number of benzene rings is 1. The maximum atomic E-state index is 12.9. The highest BCUT2D eigenvalue weighted by Gasteiger charge is 2.27. The molecule has 1 aliphatic heterocycles. The molecule has 0 saturated carbocycles. The van der Waals surface area contributed by atoms with Crippen LogP contribution in [0, 0.1) is 13.8 Å². The number of likely N-dealkylation sites (tertiary alicyclic amines) is 1. The molecule has 1 N–H and O–H groups in total. The topological polar surface area (TPSA) is 84.4 Å². The van der Waals surface area contributed by atoms with E-state index in [0.717, 1.165) is 53.5 Å². The number of carbonyl (C=O) groups excluding carboxylic acids is 2. The monoisotopic (exact) mass is 410 g/mol. The van der Waals surface area contributed by atoms with E-state index in [1.807, 2.05) is 43.0 Å². The SMILES string of the molecule is CNC(=O)Cc1c(C)nc([C@@H]2CCCN(C(=O)Cc3cccc(OC)c3)C2)nc1C. The number of piperidine rings is 1. The van der Waals surface area contributed by atoms with Gasteiger partial charge >= 0.3 is 0 Å². The van der Waals surface area contributed by atoms with Gasteiger partial charge in [-0.25, -0.2) is 9.97 Å². The molecule has 1 atom stereocenters. The van der Waals surface area contributed by atoms with Crippen LogP contribution in [0.2, 0.25) is 0 Å². The van der Waals surface area contributed by atoms with Crippen LogP contribution in [-0.4, -0.2) is 53.9 Å². The van der Waals surface area contributed by atoms with Crippen molar-refractivity contribution in [2.24, 2.45) is 0 Å². The highest BCUT2D eigenvalue weighted by molar-refractivity contribution is 5.79. The van der Waals surface area contributed by atoms with Gasteiger partial charge in [0.05, 0.1) is 20.0 Å². The summed E-state index contributed by atoms with van der Waals surface area (Å²) in [6, 6.07) is 7.63. The number of ether oxygens (including phenoxy) is 1. The number of carbonyl (C=O) groups is 2. The third kappa shape index (κ3) is 5.14. The summed E-state index contributed by atoms with van der Waals surface area (Å²) in [6.07, 6.45) is 2.52. The molecular formula is C23H30N4O3. The minimum atomic E-state index is -0.0514. The molecule has 0 spiro atoms. The number of methoxy groups -OCH3 is 1. The van der Waals surface area contributed by atoms with E-state index in [9.17, 15) is 9.59 Å². The lowest BCUT2D eigenvalue weighted by Gasteiger charge is -2.32. The Hall–Kier alpha value is -2.96. The lowest BCUT2D eigenvalue weighted by Crippen LogP contribution is -2.40. The number of likely N-dealkylation sites (N-methyl/N-ethyl adjacent to an activating group) is 1. The molecule has 1 aliphatic rings. The van der Waals surface area contributed by atoms with Crippen molar-refractivity contribution < 1.29 is 14.3 Å². The Labute approximate surface area is 177 Å². The lowest BCUT2D eigenvalue weighted by molar-refractivity contribution is -0.131. The Kier molecular flexibility index (Phi) is 7.03. The molecule has 2 heterocycles. The van der Waals surface area contributed by atoms with Crippen LogP contribution >= 0.6 is 0 Å². The van der Waals surface area contributed by atoms with Gasteiger partial charge in [0.2, 0.25) is 11.8 Å². The van der Waals surface area contributed by atoms with E-state index in [-0.39, 0.29) is 24.2 Å². The fourth-order valence-electron chi connectivity index (χ4n) is 3.94. The van der Waals surface area contributed by atoms with E-state index in [4.69, 9.17) is 14.7 Å². The Morgan fingerprint density at radius 2 is 1.93 bits per heavy atom. The zero-order valence-electron chi connectivity index (χ0n) is 18.2. The smallest absolute Gasteiger partial charge is 0.227 e. The molecule has 160 valence electrons. The number of aromatic nitrogens is 2. The molecule has 0 bridgehead atoms. The molecule has 0 aliphatic carbocycles. The van der Waals surface area contributed by atoms with Crippen molar-refractivity contribution in [3.05, 3.63) is 52.6 Å². The van der Waals surface area contributed by atoms with E-state index in [1.165, 1.54) is 0 Å². The Morgan fingerprint density at radius 3 is 2.60 bits per heavy atom. The number of aryl methyl sites for hydroxylation is 2. The Balaban J connectivity index is 1.71. The quantitative estimate of drug-likeness (QED) is 0.790. The van der Waals surface area contributed by atoms with Crippen molar-refractivity contribution in [1.29, 1.82) is 0 Å². The first-order chi connectivity index (χ1) is 14.4. The minimum absolute atomic E-state index is 0.0514. The summed E-state index contributed by atoms with van der Waals surface area (Å²) in [7, 11) is 3.25.